The Balaban J connectivity index is 0.00000324. The Labute approximate surface area is 133 Å². The first-order valence-corrected chi connectivity index (χ1v) is 6.21. The van der Waals surface area contributed by atoms with Crippen molar-refractivity contribution < 1.29 is 0 Å². The van der Waals surface area contributed by atoms with Crippen molar-refractivity contribution in [3.63, 3.8) is 0 Å². The van der Waals surface area contributed by atoms with E-state index in [0.29, 0.717) is 12.5 Å². The molecule has 104 valence electrons. The number of nitrogens with two attached hydrogens (primary N) is 1. The van der Waals surface area contributed by atoms with E-state index in [1.54, 1.807) is 0 Å². The molecule has 0 bridgehead atoms. The minimum Gasteiger partial charge on any atom is -0.370 e. The third-order valence-electron chi connectivity index (χ3n) is 2.79. The number of aryl methyl sites for hydroxylation is 2. The third-order valence-corrected chi connectivity index (χ3v) is 2.79. The summed E-state index contributed by atoms with van der Waals surface area (Å²) in [5, 5.41) is 3.09. The van der Waals surface area contributed by atoms with E-state index in [9.17, 15) is 0 Å². The second-order valence-corrected chi connectivity index (χ2v) is 4.35. The maximum atomic E-state index is 5.81. The standard InChI is InChI=1S/C15H21N3.HI/c1-4-5-6-7-10-17-15(16)18-14-9-8-12(2)13(3)11-14;/h1,8-9,11H,5-7,10H2,2-3H3,(H3,16,17,18);1H. The average molecular weight is 371 g/mol. The number of nitrogens with zero attached hydrogens (tertiary/aromatic N) is 1. The summed E-state index contributed by atoms with van der Waals surface area (Å²) in [5.74, 6) is 3.07. The molecule has 0 aliphatic rings. The van der Waals surface area contributed by atoms with E-state index in [1.165, 1.54) is 11.1 Å². The van der Waals surface area contributed by atoms with Gasteiger partial charge in [0.2, 0.25) is 0 Å². The van der Waals surface area contributed by atoms with Gasteiger partial charge in [-0.3, -0.25) is 4.99 Å². The molecule has 0 saturated heterocycles. The van der Waals surface area contributed by atoms with Gasteiger partial charge in [0.05, 0.1) is 0 Å². The smallest absolute Gasteiger partial charge is 0.193 e. The number of rotatable bonds is 5. The van der Waals surface area contributed by atoms with Gasteiger partial charge in [0.25, 0.3) is 0 Å². The van der Waals surface area contributed by atoms with Gasteiger partial charge in [-0.05, 0) is 49.9 Å². The number of unbranched alkanes of at least 4 members (excludes halogenated alkanes) is 2. The van der Waals surface area contributed by atoms with Gasteiger partial charge in [0, 0.05) is 18.7 Å². The number of hydrogen-bond acceptors (Lipinski definition) is 1. The average Bonchev–Trinajstić information content (AvgIpc) is 2.34. The van der Waals surface area contributed by atoms with Crippen LogP contribution in [0.2, 0.25) is 0 Å². The van der Waals surface area contributed by atoms with Crippen LogP contribution >= 0.6 is 24.0 Å². The van der Waals surface area contributed by atoms with Crippen molar-refractivity contribution in [3.05, 3.63) is 29.3 Å². The number of anilines is 1. The number of benzene rings is 1. The molecule has 0 heterocycles. The van der Waals surface area contributed by atoms with Crippen LogP contribution in [-0.4, -0.2) is 12.5 Å². The molecular weight excluding hydrogens is 349 g/mol. The molecule has 3 N–H and O–H groups in total. The predicted octanol–water partition coefficient (Wildman–Crippen LogP) is 3.45. The number of nitrogens with one attached hydrogen (secondary N) is 1. The molecule has 0 amide bonds. The largest absolute Gasteiger partial charge is 0.370 e. The first-order chi connectivity index (χ1) is 8.63. The van der Waals surface area contributed by atoms with Crippen molar-refractivity contribution in [1.29, 1.82) is 0 Å². The zero-order valence-corrected chi connectivity index (χ0v) is 13.9. The quantitative estimate of drug-likeness (QED) is 0.274. The maximum absolute atomic E-state index is 5.81. The maximum Gasteiger partial charge on any atom is 0.193 e. The fourth-order valence-electron chi connectivity index (χ4n) is 1.54. The third kappa shape index (κ3) is 7.06. The lowest BCUT2D eigenvalue weighted by Gasteiger charge is -2.08. The van der Waals surface area contributed by atoms with Gasteiger partial charge in [0.15, 0.2) is 5.96 Å². The number of aliphatic imine (C=N–C) groups is 1. The second kappa shape index (κ2) is 9.68. The van der Waals surface area contributed by atoms with Gasteiger partial charge in [-0.2, -0.15) is 0 Å². The zero-order chi connectivity index (χ0) is 13.4. The monoisotopic (exact) mass is 371 g/mol. The molecule has 0 saturated carbocycles. The molecule has 0 radical (unpaired) electrons. The van der Waals surface area contributed by atoms with Gasteiger partial charge in [-0.25, -0.2) is 0 Å². The van der Waals surface area contributed by atoms with E-state index in [2.05, 4.69) is 42.2 Å². The fourth-order valence-corrected chi connectivity index (χ4v) is 1.54. The molecule has 19 heavy (non-hydrogen) atoms. The lowest BCUT2D eigenvalue weighted by Crippen LogP contribution is -2.22. The van der Waals surface area contributed by atoms with Crippen LogP contribution in [0.3, 0.4) is 0 Å². The Morgan fingerprint density at radius 2 is 2.05 bits per heavy atom. The van der Waals surface area contributed by atoms with Gasteiger partial charge < -0.3 is 11.1 Å². The van der Waals surface area contributed by atoms with Crippen molar-refractivity contribution in [3.8, 4) is 12.3 Å². The van der Waals surface area contributed by atoms with E-state index < -0.39 is 0 Å². The Bertz CT molecular complexity index is 461. The molecule has 0 aliphatic heterocycles. The highest BCUT2D eigenvalue weighted by Gasteiger charge is 1.97. The summed E-state index contributed by atoms with van der Waals surface area (Å²) in [6.45, 7) is 4.88. The van der Waals surface area contributed by atoms with Crippen molar-refractivity contribution in [2.24, 2.45) is 10.7 Å². The Hall–Kier alpha value is -1.22. The van der Waals surface area contributed by atoms with Crippen LogP contribution < -0.4 is 11.1 Å². The molecule has 0 aliphatic carbocycles. The van der Waals surface area contributed by atoms with Crippen molar-refractivity contribution in [1.82, 2.24) is 0 Å². The van der Waals surface area contributed by atoms with Gasteiger partial charge >= 0.3 is 0 Å². The summed E-state index contributed by atoms with van der Waals surface area (Å²) >= 11 is 0. The van der Waals surface area contributed by atoms with Crippen LogP contribution in [0, 0.1) is 26.2 Å². The molecule has 1 aromatic rings. The highest BCUT2D eigenvalue weighted by molar-refractivity contribution is 14.0. The molecule has 1 aromatic carbocycles. The van der Waals surface area contributed by atoms with Gasteiger partial charge in [-0.15, -0.1) is 36.3 Å². The predicted molar refractivity (Wildman–Crippen MR) is 94.1 cm³/mol. The van der Waals surface area contributed by atoms with E-state index in [-0.39, 0.29) is 24.0 Å². The fraction of sp³-hybridized carbons (Fsp3) is 0.400. The van der Waals surface area contributed by atoms with Crippen molar-refractivity contribution in [2.45, 2.75) is 33.1 Å². The minimum atomic E-state index is 0. The molecule has 0 aromatic heterocycles. The molecule has 0 atom stereocenters. The lowest BCUT2D eigenvalue weighted by atomic mass is 10.1. The molecule has 4 heteroatoms. The summed E-state index contributed by atoms with van der Waals surface area (Å²) < 4.78 is 0. The van der Waals surface area contributed by atoms with E-state index >= 15 is 0 Å². The van der Waals surface area contributed by atoms with E-state index in [4.69, 9.17) is 12.2 Å². The van der Waals surface area contributed by atoms with Crippen LogP contribution in [0.25, 0.3) is 0 Å². The first kappa shape index (κ1) is 17.8. The first-order valence-electron chi connectivity index (χ1n) is 6.21. The Morgan fingerprint density at radius 3 is 2.68 bits per heavy atom. The number of halogens is 1. The Kier molecular flexibility index (Phi) is 9.06. The second-order valence-electron chi connectivity index (χ2n) is 4.35. The van der Waals surface area contributed by atoms with Crippen molar-refractivity contribution >= 4 is 35.6 Å². The van der Waals surface area contributed by atoms with E-state index in [0.717, 1.165) is 24.9 Å². The van der Waals surface area contributed by atoms with Crippen LogP contribution in [0.1, 0.15) is 30.4 Å². The van der Waals surface area contributed by atoms with Crippen LogP contribution in [0.5, 0.6) is 0 Å². The minimum absolute atomic E-state index is 0. The molecule has 0 fully saturated rings. The van der Waals surface area contributed by atoms with Crippen LogP contribution in [0.4, 0.5) is 5.69 Å². The highest BCUT2D eigenvalue weighted by atomic mass is 127. The molecular formula is C15H22IN3. The lowest BCUT2D eigenvalue weighted by molar-refractivity contribution is 0.768. The van der Waals surface area contributed by atoms with Crippen molar-refractivity contribution in [2.75, 3.05) is 11.9 Å². The number of terminal acetylenes is 1. The van der Waals surface area contributed by atoms with Crippen LogP contribution in [0.15, 0.2) is 23.2 Å². The Morgan fingerprint density at radius 1 is 1.32 bits per heavy atom. The van der Waals surface area contributed by atoms with Gasteiger partial charge in [-0.1, -0.05) is 6.07 Å². The van der Waals surface area contributed by atoms with E-state index in [1.807, 2.05) is 6.07 Å². The van der Waals surface area contributed by atoms with Gasteiger partial charge in [0.1, 0.15) is 0 Å². The summed E-state index contributed by atoms with van der Waals surface area (Å²) in [4.78, 5) is 4.26. The summed E-state index contributed by atoms with van der Waals surface area (Å²) in [5.41, 5.74) is 9.29. The molecule has 3 nitrogen and oxygen atoms in total. The molecule has 1 rings (SSSR count). The summed E-state index contributed by atoms with van der Waals surface area (Å²) in [6, 6.07) is 6.14. The number of guanidine groups is 1. The summed E-state index contributed by atoms with van der Waals surface area (Å²) in [7, 11) is 0. The normalized spacial score (nSPS) is 10.5. The summed E-state index contributed by atoms with van der Waals surface area (Å²) in [6.07, 6.45) is 7.95. The SMILES string of the molecule is C#CCCCCN=C(N)Nc1ccc(C)c(C)c1.I. The molecule has 0 unspecified atom stereocenters. The topological polar surface area (TPSA) is 50.4 Å². The molecule has 0 spiro atoms. The zero-order valence-electron chi connectivity index (χ0n) is 11.6. The number of hydrogen-bond donors (Lipinski definition) is 2. The highest BCUT2D eigenvalue weighted by Crippen LogP contribution is 2.13. The van der Waals surface area contributed by atoms with Crippen LogP contribution in [-0.2, 0) is 0 Å².